The molecule has 1 saturated carbocycles. The predicted molar refractivity (Wildman–Crippen MR) is 121 cm³/mol. The van der Waals surface area contributed by atoms with Crippen molar-refractivity contribution in [3.8, 4) is 0 Å². The second-order valence-corrected chi connectivity index (χ2v) is 23.6. The van der Waals surface area contributed by atoms with E-state index in [4.69, 9.17) is 4.12 Å². The summed E-state index contributed by atoms with van der Waals surface area (Å²) in [4.78, 5) is 23.2. The molecule has 3 atom stereocenters. The van der Waals surface area contributed by atoms with Crippen LogP contribution in [0.3, 0.4) is 0 Å². The molecule has 0 aromatic carbocycles. The fourth-order valence-electron chi connectivity index (χ4n) is 4.51. The number of carbonyl (C=O) groups excluding carboxylic acids is 1. The standard InChI is InChI=1S/C19H38F5NO4Si3/c1-25(17(26)18(21,28-14-20)19(22,23)24)15-9-8-10-16(13-15)30(2,3)11-12-31(4,5)29-32(6,7)27/h15-16,27H,8-14H2,1-7H3. The molecule has 13 heteroatoms. The lowest BCUT2D eigenvalue weighted by Gasteiger charge is -2.43. The van der Waals surface area contributed by atoms with Crippen LogP contribution in [0.1, 0.15) is 25.7 Å². The molecule has 0 spiro atoms. The van der Waals surface area contributed by atoms with Crippen LogP contribution in [0.25, 0.3) is 0 Å². The number of likely N-dealkylation sites (N-methyl/N-ethyl adjacent to an activating group) is 1. The van der Waals surface area contributed by atoms with Crippen molar-refractivity contribution in [1.29, 1.82) is 0 Å². The molecule has 32 heavy (non-hydrogen) atoms. The van der Waals surface area contributed by atoms with Crippen molar-refractivity contribution in [1.82, 2.24) is 4.90 Å². The molecule has 0 aliphatic heterocycles. The number of hydrogen-bond acceptors (Lipinski definition) is 4. The molecule has 0 aromatic rings. The maximum Gasteiger partial charge on any atom is 0.458 e. The Morgan fingerprint density at radius 1 is 1.06 bits per heavy atom. The van der Waals surface area contributed by atoms with Crippen molar-refractivity contribution < 1.29 is 40.4 Å². The Morgan fingerprint density at radius 2 is 1.62 bits per heavy atom. The highest BCUT2D eigenvalue weighted by Crippen LogP contribution is 2.43. The lowest BCUT2D eigenvalue weighted by atomic mass is 9.93. The highest BCUT2D eigenvalue weighted by Gasteiger charge is 2.65. The Hall–Kier alpha value is -0.349. The summed E-state index contributed by atoms with van der Waals surface area (Å²) in [6.07, 6.45) is -3.12. The van der Waals surface area contributed by atoms with E-state index in [0.717, 1.165) is 30.5 Å². The number of carbonyl (C=O) groups is 1. The van der Waals surface area contributed by atoms with Gasteiger partial charge >= 0.3 is 20.6 Å². The first-order valence-electron chi connectivity index (χ1n) is 10.9. The number of halogens is 5. The minimum atomic E-state index is -5.67. The molecule has 190 valence electrons. The van der Waals surface area contributed by atoms with Gasteiger partial charge in [0.05, 0.1) is 8.07 Å². The first-order chi connectivity index (χ1) is 14.3. The molecule has 1 rings (SSSR count). The molecule has 1 N–H and O–H groups in total. The van der Waals surface area contributed by atoms with Crippen LogP contribution in [0.5, 0.6) is 0 Å². The van der Waals surface area contributed by atoms with Crippen molar-refractivity contribution >= 4 is 30.9 Å². The average Bonchev–Trinajstić information content (AvgIpc) is 2.63. The Labute approximate surface area is 191 Å². The van der Waals surface area contributed by atoms with Crippen LogP contribution in [-0.4, -0.2) is 72.5 Å². The Balaban J connectivity index is 2.90. The quantitative estimate of drug-likeness (QED) is 0.301. The number of rotatable bonds is 10. The maximum atomic E-state index is 14.4. The smallest absolute Gasteiger partial charge is 0.436 e. The van der Waals surface area contributed by atoms with E-state index < -0.39 is 55.8 Å². The number of ether oxygens (including phenoxy) is 1. The van der Waals surface area contributed by atoms with Gasteiger partial charge in [0.2, 0.25) is 0 Å². The van der Waals surface area contributed by atoms with Crippen molar-refractivity contribution in [2.24, 2.45) is 0 Å². The summed E-state index contributed by atoms with van der Waals surface area (Å²) >= 11 is 0. The molecule has 3 unspecified atom stereocenters. The Kier molecular flexibility index (Phi) is 9.74. The summed E-state index contributed by atoms with van der Waals surface area (Å²) in [7, 11) is -5.44. The number of hydrogen-bond donors (Lipinski definition) is 1. The lowest BCUT2D eigenvalue weighted by Crippen LogP contribution is -2.58. The third-order valence-corrected chi connectivity index (χ3v) is 16.8. The van der Waals surface area contributed by atoms with E-state index in [1.807, 2.05) is 0 Å². The molecule has 1 aliphatic carbocycles. The van der Waals surface area contributed by atoms with E-state index in [1.54, 1.807) is 13.1 Å². The molecule has 0 heterocycles. The third-order valence-electron chi connectivity index (χ3n) is 6.41. The summed E-state index contributed by atoms with van der Waals surface area (Å²) in [5, 5.41) is 0. The van der Waals surface area contributed by atoms with Gasteiger partial charge in [-0.2, -0.15) is 17.6 Å². The zero-order valence-corrected chi connectivity index (χ0v) is 23.1. The monoisotopic (exact) mass is 523 g/mol. The lowest BCUT2D eigenvalue weighted by molar-refractivity contribution is -0.327. The van der Waals surface area contributed by atoms with Gasteiger partial charge in [0.1, 0.15) is 0 Å². The van der Waals surface area contributed by atoms with Gasteiger partial charge in [-0.15, -0.1) is 0 Å². The van der Waals surface area contributed by atoms with Gasteiger partial charge in [-0.25, -0.2) is 4.39 Å². The molecule has 1 fully saturated rings. The minimum absolute atomic E-state index is 0.239. The SMILES string of the molecule is CN(C(=O)C(F)(OCF)C(F)(F)F)C1CCCC([Si](C)(C)CC[Si](C)(C)O[Si](C)(C)O)C1. The number of nitrogens with zero attached hydrogens (tertiary/aromatic N) is 1. The fraction of sp³-hybridized carbons (Fsp3) is 0.947. The molecular formula is C19H38F5NO4Si3. The Bertz CT molecular complexity index is 645. The number of alkyl halides is 5. The van der Waals surface area contributed by atoms with Crippen LogP contribution in [0.4, 0.5) is 22.0 Å². The van der Waals surface area contributed by atoms with Gasteiger partial charge in [-0.1, -0.05) is 32.0 Å². The first kappa shape index (κ1) is 29.7. The molecule has 0 saturated heterocycles. The zero-order valence-electron chi connectivity index (χ0n) is 20.1. The molecular weight excluding hydrogens is 485 g/mol. The predicted octanol–water partition coefficient (Wildman–Crippen LogP) is 5.55. The van der Waals surface area contributed by atoms with Crippen LogP contribution in [0, 0.1) is 0 Å². The summed E-state index contributed by atoms with van der Waals surface area (Å²) in [6, 6.07) is 1.23. The van der Waals surface area contributed by atoms with Crippen molar-refractivity contribution in [3.63, 3.8) is 0 Å². The van der Waals surface area contributed by atoms with Gasteiger partial charge in [0.25, 0.3) is 5.91 Å². The molecule has 0 bridgehead atoms. The second kappa shape index (κ2) is 10.5. The van der Waals surface area contributed by atoms with Crippen LogP contribution in [0.15, 0.2) is 0 Å². The van der Waals surface area contributed by atoms with Crippen LogP contribution < -0.4 is 0 Å². The highest BCUT2D eigenvalue weighted by molar-refractivity contribution is 6.84. The van der Waals surface area contributed by atoms with Crippen LogP contribution >= 0.6 is 0 Å². The maximum absolute atomic E-state index is 14.4. The normalized spacial score (nSPS) is 23.0. The first-order valence-corrected chi connectivity index (χ1v) is 20.2. The van der Waals surface area contributed by atoms with E-state index in [0.29, 0.717) is 19.3 Å². The second-order valence-electron chi connectivity index (χ2n) is 10.6. The molecule has 0 aromatic heterocycles. The van der Waals surface area contributed by atoms with E-state index in [-0.39, 0.29) is 5.54 Å². The largest absolute Gasteiger partial charge is 0.458 e. The van der Waals surface area contributed by atoms with Crippen molar-refractivity contribution in [2.75, 3.05) is 13.9 Å². The highest BCUT2D eigenvalue weighted by atomic mass is 28.4. The molecule has 1 amide bonds. The van der Waals surface area contributed by atoms with E-state index in [9.17, 15) is 31.5 Å². The van der Waals surface area contributed by atoms with Crippen LogP contribution in [0.2, 0.25) is 56.9 Å². The van der Waals surface area contributed by atoms with E-state index in [2.05, 4.69) is 30.9 Å². The average molecular weight is 524 g/mol. The Morgan fingerprint density at radius 3 is 2.09 bits per heavy atom. The van der Waals surface area contributed by atoms with Gasteiger partial charge in [-0.3, -0.25) is 9.53 Å². The van der Waals surface area contributed by atoms with E-state index >= 15 is 0 Å². The van der Waals surface area contributed by atoms with E-state index in [1.165, 1.54) is 0 Å². The van der Waals surface area contributed by atoms with Crippen molar-refractivity contribution in [2.45, 2.75) is 101 Å². The summed E-state index contributed by atoms with van der Waals surface area (Å²) < 4.78 is 75.9. The summed E-state index contributed by atoms with van der Waals surface area (Å²) in [5.41, 5.74) is 0.239. The molecule has 1 aliphatic rings. The van der Waals surface area contributed by atoms with Gasteiger partial charge < -0.3 is 13.8 Å². The summed E-state index contributed by atoms with van der Waals surface area (Å²) in [6.45, 7) is 9.99. The minimum Gasteiger partial charge on any atom is -0.436 e. The fourth-order valence-corrected chi connectivity index (χ4v) is 17.6. The molecule has 5 nitrogen and oxygen atoms in total. The third kappa shape index (κ3) is 7.86. The zero-order chi connectivity index (χ0) is 25.2. The summed E-state index contributed by atoms with van der Waals surface area (Å²) in [5.74, 6) is -6.60. The molecule has 0 radical (unpaired) electrons. The van der Waals surface area contributed by atoms with Gasteiger partial charge in [-0.05, 0) is 50.6 Å². The van der Waals surface area contributed by atoms with Gasteiger partial charge in [0.15, 0.2) is 15.2 Å². The number of amides is 1. The topological polar surface area (TPSA) is 59.0 Å². The van der Waals surface area contributed by atoms with Crippen LogP contribution in [-0.2, 0) is 13.6 Å². The van der Waals surface area contributed by atoms with Gasteiger partial charge in [0, 0.05) is 13.1 Å². The van der Waals surface area contributed by atoms with Crippen molar-refractivity contribution in [3.05, 3.63) is 0 Å².